The van der Waals surface area contributed by atoms with Gasteiger partial charge in [0, 0.05) is 26.1 Å². The van der Waals surface area contributed by atoms with E-state index in [0.29, 0.717) is 15.6 Å². The van der Waals surface area contributed by atoms with Crippen LogP contribution >= 0.6 is 23.2 Å². The molecular weight excluding hydrogens is 303 g/mol. The average molecular weight is 314 g/mol. The molecule has 2 aromatic rings. The Morgan fingerprint density at radius 3 is 2.45 bits per heavy atom. The molecule has 0 N–H and O–H groups in total. The lowest BCUT2D eigenvalue weighted by atomic mass is 10.1. The summed E-state index contributed by atoms with van der Waals surface area (Å²) in [4.78, 5) is 23.7. The number of hydrogen-bond acceptors (Lipinski definition) is 3. The van der Waals surface area contributed by atoms with Crippen LogP contribution < -0.4 is 16.4 Å². The van der Waals surface area contributed by atoms with E-state index in [9.17, 15) is 14.7 Å². The summed E-state index contributed by atoms with van der Waals surface area (Å²) in [6.07, 6.45) is 0.0268. The summed E-state index contributed by atoms with van der Waals surface area (Å²) in [5.41, 5.74) is -0.721. The Balaban J connectivity index is 2.64. The van der Waals surface area contributed by atoms with Crippen molar-refractivity contribution in [3.05, 3.63) is 60.2 Å². The molecule has 0 fully saturated rings. The highest BCUT2D eigenvalue weighted by Crippen LogP contribution is 2.27. The molecule has 0 aliphatic heterocycles. The molecule has 106 valence electrons. The van der Waals surface area contributed by atoms with Crippen LogP contribution in [-0.2, 0) is 20.5 Å². The van der Waals surface area contributed by atoms with Crippen LogP contribution in [-0.4, -0.2) is 9.13 Å². The number of rotatable bonds is 2. The van der Waals surface area contributed by atoms with E-state index >= 15 is 0 Å². The summed E-state index contributed by atoms with van der Waals surface area (Å²) in [7, 11) is 2.65. The Morgan fingerprint density at radius 2 is 1.80 bits per heavy atom. The largest absolute Gasteiger partial charge is 0.860 e. The predicted molar refractivity (Wildman–Crippen MR) is 75.6 cm³/mol. The highest BCUT2D eigenvalue weighted by Gasteiger charge is 2.12. The van der Waals surface area contributed by atoms with Gasteiger partial charge in [-0.1, -0.05) is 35.3 Å². The number of aromatic nitrogens is 2. The maximum absolute atomic E-state index is 12.0. The van der Waals surface area contributed by atoms with Crippen molar-refractivity contribution in [3.8, 4) is 5.88 Å². The van der Waals surface area contributed by atoms with Gasteiger partial charge in [-0.3, -0.25) is 9.36 Å². The molecule has 2 rings (SSSR count). The first-order valence-electron chi connectivity index (χ1n) is 5.73. The van der Waals surface area contributed by atoms with Crippen LogP contribution in [0.5, 0.6) is 5.88 Å². The molecule has 0 amide bonds. The van der Waals surface area contributed by atoms with E-state index in [2.05, 4.69) is 0 Å². The van der Waals surface area contributed by atoms with Crippen molar-refractivity contribution in [2.24, 2.45) is 14.1 Å². The van der Waals surface area contributed by atoms with Crippen LogP contribution in [0.25, 0.3) is 0 Å². The van der Waals surface area contributed by atoms with Gasteiger partial charge in [-0.2, -0.15) is 0 Å². The molecular formula is C13H11Cl2N2O3-. The maximum atomic E-state index is 12.0. The Labute approximate surface area is 124 Å². The second-order valence-electron chi connectivity index (χ2n) is 4.38. The van der Waals surface area contributed by atoms with Gasteiger partial charge in [0.25, 0.3) is 5.56 Å². The Kier molecular flexibility index (Phi) is 3.92. The van der Waals surface area contributed by atoms with E-state index in [-0.39, 0.29) is 12.0 Å². The van der Waals surface area contributed by atoms with Crippen LogP contribution in [0.15, 0.2) is 27.8 Å². The molecule has 5 nitrogen and oxygen atoms in total. The molecule has 1 heterocycles. The van der Waals surface area contributed by atoms with Gasteiger partial charge < -0.3 is 9.67 Å². The zero-order valence-electron chi connectivity index (χ0n) is 10.8. The van der Waals surface area contributed by atoms with Gasteiger partial charge in [0.2, 0.25) is 0 Å². The lowest BCUT2D eigenvalue weighted by Gasteiger charge is -2.18. The molecule has 0 radical (unpaired) electrons. The van der Waals surface area contributed by atoms with Gasteiger partial charge in [-0.05, 0) is 17.5 Å². The topological polar surface area (TPSA) is 67.1 Å². The molecule has 7 heteroatoms. The van der Waals surface area contributed by atoms with E-state index in [1.54, 1.807) is 18.2 Å². The normalized spacial score (nSPS) is 10.8. The van der Waals surface area contributed by atoms with Gasteiger partial charge in [-0.25, -0.2) is 4.79 Å². The quantitative estimate of drug-likeness (QED) is 0.832. The minimum absolute atomic E-state index is 0.0150. The monoisotopic (exact) mass is 313 g/mol. The van der Waals surface area contributed by atoms with Crippen LogP contribution in [0.4, 0.5) is 0 Å². The van der Waals surface area contributed by atoms with Gasteiger partial charge in [-0.15, -0.1) is 0 Å². The highest BCUT2D eigenvalue weighted by molar-refractivity contribution is 6.42. The Bertz CT molecular complexity index is 793. The molecule has 0 saturated carbocycles. The first-order chi connectivity index (χ1) is 9.34. The molecule has 0 aliphatic rings. The van der Waals surface area contributed by atoms with Crippen LogP contribution in [0.2, 0.25) is 10.0 Å². The first kappa shape index (κ1) is 14.7. The summed E-state index contributed by atoms with van der Waals surface area (Å²) < 4.78 is 1.80. The van der Waals surface area contributed by atoms with Crippen molar-refractivity contribution < 1.29 is 5.11 Å². The average Bonchev–Trinajstić information content (AvgIpc) is 2.43. The van der Waals surface area contributed by atoms with Crippen molar-refractivity contribution in [1.82, 2.24) is 9.13 Å². The summed E-state index contributed by atoms with van der Waals surface area (Å²) in [5, 5.41) is 12.7. The molecule has 0 bridgehead atoms. The van der Waals surface area contributed by atoms with Gasteiger partial charge >= 0.3 is 5.69 Å². The summed E-state index contributed by atoms with van der Waals surface area (Å²) in [6, 6.07) is 4.98. The van der Waals surface area contributed by atoms with Gasteiger partial charge in [0.05, 0.1) is 10.0 Å². The third-order valence-corrected chi connectivity index (χ3v) is 3.96. The number of nitrogens with zero attached hydrogens (tertiary/aromatic N) is 2. The van der Waals surface area contributed by atoms with E-state index < -0.39 is 17.1 Å². The number of hydrogen-bond donors (Lipinski definition) is 0. The lowest BCUT2D eigenvalue weighted by molar-refractivity contribution is -0.280. The third kappa shape index (κ3) is 2.34. The van der Waals surface area contributed by atoms with Crippen molar-refractivity contribution in [2.45, 2.75) is 6.42 Å². The second kappa shape index (κ2) is 5.34. The molecule has 0 spiro atoms. The summed E-state index contributed by atoms with van der Waals surface area (Å²) >= 11 is 11.9. The molecule has 1 aromatic heterocycles. The minimum Gasteiger partial charge on any atom is -0.860 e. The zero-order chi connectivity index (χ0) is 15.0. The van der Waals surface area contributed by atoms with Gasteiger partial charge in [0.15, 0.2) is 0 Å². The fraction of sp³-hybridized carbons (Fsp3) is 0.231. The Morgan fingerprint density at radius 1 is 1.15 bits per heavy atom. The fourth-order valence-corrected chi connectivity index (χ4v) is 2.31. The fourth-order valence-electron chi connectivity index (χ4n) is 1.92. The molecule has 0 saturated heterocycles. The second-order valence-corrected chi connectivity index (χ2v) is 5.16. The van der Waals surface area contributed by atoms with Crippen molar-refractivity contribution >= 4 is 23.2 Å². The first-order valence-corrected chi connectivity index (χ1v) is 6.49. The predicted octanol–water partition coefficient (Wildman–Crippen LogP) is 1.06. The zero-order valence-corrected chi connectivity index (χ0v) is 12.3. The standard InChI is InChI=1S/C13H12Cl2N2O3/c1-16-11(18)8(12(19)17(2)13(16)20)6-7-4-3-5-9(14)10(7)15/h3-5,18H,6H2,1-2H3/p-1. The van der Waals surface area contributed by atoms with E-state index in [0.717, 1.165) is 9.13 Å². The van der Waals surface area contributed by atoms with Crippen LogP contribution in [0.3, 0.4) is 0 Å². The van der Waals surface area contributed by atoms with Crippen LogP contribution in [0.1, 0.15) is 11.1 Å². The number of halogens is 2. The van der Waals surface area contributed by atoms with E-state index in [1.165, 1.54) is 14.1 Å². The maximum Gasteiger partial charge on any atom is 0.329 e. The molecule has 0 atom stereocenters. The molecule has 0 unspecified atom stereocenters. The van der Waals surface area contributed by atoms with Crippen molar-refractivity contribution in [1.29, 1.82) is 0 Å². The van der Waals surface area contributed by atoms with Crippen molar-refractivity contribution in [2.75, 3.05) is 0 Å². The highest BCUT2D eigenvalue weighted by atomic mass is 35.5. The smallest absolute Gasteiger partial charge is 0.329 e. The van der Waals surface area contributed by atoms with E-state index in [4.69, 9.17) is 23.2 Å². The molecule has 0 aliphatic carbocycles. The molecule has 20 heavy (non-hydrogen) atoms. The van der Waals surface area contributed by atoms with E-state index in [1.807, 2.05) is 0 Å². The third-order valence-electron chi connectivity index (χ3n) is 3.10. The van der Waals surface area contributed by atoms with Gasteiger partial charge in [0.1, 0.15) is 0 Å². The Hall–Kier alpha value is -1.72. The minimum atomic E-state index is -0.652. The molecule has 1 aromatic carbocycles. The van der Waals surface area contributed by atoms with Crippen molar-refractivity contribution in [3.63, 3.8) is 0 Å². The summed E-state index contributed by atoms with van der Waals surface area (Å²) in [6.45, 7) is 0. The number of benzene rings is 1. The SMILES string of the molecule is Cn1c([O-])c(Cc2cccc(Cl)c2Cl)c(=O)n(C)c1=O. The van der Waals surface area contributed by atoms with Crippen LogP contribution in [0, 0.1) is 0 Å². The lowest BCUT2D eigenvalue weighted by Crippen LogP contribution is -2.40. The summed E-state index contributed by atoms with van der Waals surface area (Å²) in [5.74, 6) is -0.617.